The van der Waals surface area contributed by atoms with Crippen molar-refractivity contribution in [1.82, 2.24) is 5.01 Å². The number of carbonyl (C=O) groups is 1. The van der Waals surface area contributed by atoms with Crippen molar-refractivity contribution in [3.8, 4) is 11.5 Å². The summed E-state index contributed by atoms with van der Waals surface area (Å²) < 4.78 is 10.7. The Morgan fingerprint density at radius 1 is 1.09 bits per heavy atom. The van der Waals surface area contributed by atoms with Gasteiger partial charge in [-0.05, 0) is 17.2 Å². The van der Waals surface area contributed by atoms with Crippen molar-refractivity contribution in [2.45, 2.75) is 12.5 Å². The summed E-state index contributed by atoms with van der Waals surface area (Å²) in [5.41, 5.74) is 3.50. The summed E-state index contributed by atoms with van der Waals surface area (Å²) in [6, 6.07) is 13.7. The van der Waals surface area contributed by atoms with Crippen molar-refractivity contribution in [3.05, 3.63) is 59.2 Å². The number of hydrogen-bond donors (Lipinski definition) is 0. The van der Waals surface area contributed by atoms with E-state index in [1.54, 1.807) is 19.2 Å². The molecule has 5 heteroatoms. The summed E-state index contributed by atoms with van der Waals surface area (Å²) in [7, 11) is 3.12. The first-order valence-corrected chi connectivity index (χ1v) is 7.46. The van der Waals surface area contributed by atoms with Crippen LogP contribution in [0.1, 0.15) is 33.9 Å². The van der Waals surface area contributed by atoms with Crippen LogP contribution in [0.25, 0.3) is 0 Å². The molecule has 23 heavy (non-hydrogen) atoms. The molecule has 2 heterocycles. The average molecular weight is 308 g/mol. The monoisotopic (exact) mass is 308 g/mol. The fraction of sp³-hybridized carbons (Fsp3) is 0.222. The van der Waals surface area contributed by atoms with Crippen molar-refractivity contribution >= 4 is 11.6 Å². The molecule has 0 radical (unpaired) electrons. The number of methoxy groups -OCH3 is 2. The fourth-order valence-electron chi connectivity index (χ4n) is 3.30. The van der Waals surface area contributed by atoms with E-state index in [-0.39, 0.29) is 11.9 Å². The molecule has 0 saturated heterocycles. The van der Waals surface area contributed by atoms with E-state index in [1.807, 2.05) is 42.5 Å². The van der Waals surface area contributed by atoms with Gasteiger partial charge in [-0.1, -0.05) is 36.4 Å². The number of hydrogen-bond acceptors (Lipinski definition) is 4. The molecule has 4 rings (SSSR count). The molecule has 0 aliphatic carbocycles. The number of ether oxygens (including phenoxy) is 2. The third kappa shape index (κ3) is 1.93. The highest BCUT2D eigenvalue weighted by Gasteiger charge is 2.44. The first-order chi connectivity index (χ1) is 11.2. The first kappa shape index (κ1) is 13.8. The van der Waals surface area contributed by atoms with Crippen LogP contribution in [0.3, 0.4) is 0 Å². The van der Waals surface area contributed by atoms with E-state index >= 15 is 0 Å². The molecule has 0 spiro atoms. The zero-order valence-electron chi connectivity index (χ0n) is 12.9. The minimum absolute atomic E-state index is 0.0625. The molecule has 0 saturated carbocycles. The summed E-state index contributed by atoms with van der Waals surface area (Å²) in [5, 5.41) is 6.12. The largest absolute Gasteiger partial charge is 0.493 e. The first-order valence-electron chi connectivity index (χ1n) is 7.46. The molecule has 5 nitrogen and oxygen atoms in total. The number of rotatable bonds is 3. The van der Waals surface area contributed by atoms with Crippen molar-refractivity contribution in [2.24, 2.45) is 5.10 Å². The molecule has 116 valence electrons. The van der Waals surface area contributed by atoms with Gasteiger partial charge < -0.3 is 9.47 Å². The smallest absolute Gasteiger partial charge is 0.278 e. The van der Waals surface area contributed by atoms with Crippen molar-refractivity contribution < 1.29 is 14.3 Å². The van der Waals surface area contributed by atoms with E-state index in [0.29, 0.717) is 23.5 Å². The number of carbonyl (C=O) groups excluding carboxylic acids is 1. The zero-order valence-corrected chi connectivity index (χ0v) is 12.9. The maximum absolute atomic E-state index is 12.8. The van der Waals surface area contributed by atoms with Gasteiger partial charge in [0.25, 0.3) is 5.91 Å². The SMILES string of the molecule is COc1ccc2c(c1OC)C(=O)N1N=C(c3ccccc3)C[C@H]21. The quantitative estimate of drug-likeness (QED) is 0.876. The summed E-state index contributed by atoms with van der Waals surface area (Å²) in [5.74, 6) is 0.917. The summed E-state index contributed by atoms with van der Waals surface area (Å²) in [6.07, 6.45) is 0.707. The molecule has 2 aromatic rings. The Kier molecular flexibility index (Phi) is 3.08. The van der Waals surface area contributed by atoms with Crippen molar-refractivity contribution in [1.29, 1.82) is 0 Å². The highest BCUT2D eigenvalue weighted by Crippen LogP contribution is 2.47. The Morgan fingerprint density at radius 3 is 2.57 bits per heavy atom. The molecule has 1 atom stereocenters. The second kappa shape index (κ2) is 5.12. The molecule has 2 aromatic carbocycles. The molecule has 0 bridgehead atoms. The van der Waals surface area contributed by atoms with Crippen LogP contribution in [0.5, 0.6) is 11.5 Å². The highest BCUT2D eigenvalue weighted by molar-refractivity contribution is 6.09. The minimum atomic E-state index is -0.133. The molecule has 0 aromatic heterocycles. The van der Waals surface area contributed by atoms with Crippen LogP contribution in [0.4, 0.5) is 0 Å². The van der Waals surface area contributed by atoms with E-state index in [4.69, 9.17) is 9.47 Å². The molecule has 0 N–H and O–H groups in total. The Labute approximate surface area is 134 Å². The van der Waals surface area contributed by atoms with Gasteiger partial charge in [-0.3, -0.25) is 4.79 Å². The lowest BCUT2D eigenvalue weighted by Crippen LogP contribution is -2.18. The molecule has 2 aliphatic heterocycles. The van der Waals surface area contributed by atoms with Crippen LogP contribution >= 0.6 is 0 Å². The van der Waals surface area contributed by atoms with E-state index in [1.165, 1.54) is 0 Å². The second-order valence-electron chi connectivity index (χ2n) is 5.55. The number of benzene rings is 2. The fourth-order valence-corrected chi connectivity index (χ4v) is 3.30. The molecule has 0 unspecified atom stereocenters. The predicted molar refractivity (Wildman–Crippen MR) is 86.1 cm³/mol. The van der Waals surface area contributed by atoms with Gasteiger partial charge >= 0.3 is 0 Å². The third-order valence-electron chi connectivity index (χ3n) is 4.38. The normalized spacial score (nSPS) is 18.5. The number of fused-ring (bicyclic) bond motifs is 3. The van der Waals surface area contributed by atoms with Gasteiger partial charge in [0.15, 0.2) is 11.5 Å². The Hall–Kier alpha value is -2.82. The molecular formula is C18H16N2O3. The van der Waals surface area contributed by atoms with E-state index in [0.717, 1.165) is 16.8 Å². The van der Waals surface area contributed by atoms with Gasteiger partial charge in [0.2, 0.25) is 0 Å². The Bertz CT molecular complexity index is 815. The van der Waals surface area contributed by atoms with Crippen LogP contribution in [-0.2, 0) is 0 Å². The van der Waals surface area contributed by atoms with Crippen LogP contribution in [0, 0.1) is 0 Å². The molecular weight excluding hydrogens is 292 g/mol. The van der Waals surface area contributed by atoms with Crippen molar-refractivity contribution in [2.75, 3.05) is 14.2 Å². The van der Waals surface area contributed by atoms with Gasteiger partial charge in [-0.25, -0.2) is 5.01 Å². The lowest BCUT2D eigenvalue weighted by Gasteiger charge is -2.12. The predicted octanol–water partition coefficient (Wildman–Crippen LogP) is 3.01. The number of amides is 1. The van der Waals surface area contributed by atoms with E-state index < -0.39 is 0 Å². The minimum Gasteiger partial charge on any atom is -0.493 e. The van der Waals surface area contributed by atoms with Gasteiger partial charge in [0.05, 0.1) is 31.5 Å². The zero-order chi connectivity index (χ0) is 16.0. The van der Waals surface area contributed by atoms with Gasteiger partial charge in [-0.15, -0.1) is 0 Å². The third-order valence-corrected chi connectivity index (χ3v) is 4.38. The molecule has 0 fully saturated rings. The lowest BCUT2D eigenvalue weighted by molar-refractivity contribution is 0.0753. The number of hydrazone groups is 1. The van der Waals surface area contributed by atoms with E-state index in [9.17, 15) is 4.79 Å². The van der Waals surface area contributed by atoms with Gasteiger partial charge in [0, 0.05) is 6.42 Å². The standard InChI is InChI=1S/C18H16N2O3/c1-22-15-9-8-12-14-10-13(11-6-4-3-5-7-11)19-20(14)18(21)16(12)17(15)23-2/h3-9,14H,10H2,1-2H3/t14-/m1/s1. The lowest BCUT2D eigenvalue weighted by atomic mass is 9.97. The Balaban J connectivity index is 1.77. The topological polar surface area (TPSA) is 51.1 Å². The summed E-state index contributed by atoms with van der Waals surface area (Å²) >= 11 is 0. The van der Waals surface area contributed by atoms with Crippen LogP contribution in [0.15, 0.2) is 47.6 Å². The molecule has 2 aliphatic rings. The van der Waals surface area contributed by atoms with E-state index in [2.05, 4.69) is 5.10 Å². The highest BCUT2D eigenvalue weighted by atomic mass is 16.5. The van der Waals surface area contributed by atoms with Gasteiger partial charge in [-0.2, -0.15) is 5.10 Å². The summed E-state index contributed by atoms with van der Waals surface area (Å²) in [6.45, 7) is 0. The van der Waals surface area contributed by atoms with Crippen LogP contribution in [0.2, 0.25) is 0 Å². The van der Waals surface area contributed by atoms with Crippen LogP contribution < -0.4 is 9.47 Å². The van der Waals surface area contributed by atoms with Crippen LogP contribution in [-0.4, -0.2) is 30.8 Å². The van der Waals surface area contributed by atoms with Crippen molar-refractivity contribution in [3.63, 3.8) is 0 Å². The molecule has 1 amide bonds. The second-order valence-corrected chi connectivity index (χ2v) is 5.55. The Morgan fingerprint density at radius 2 is 1.87 bits per heavy atom. The maximum Gasteiger partial charge on any atom is 0.278 e. The average Bonchev–Trinajstić information content (AvgIpc) is 3.15. The maximum atomic E-state index is 12.8. The summed E-state index contributed by atoms with van der Waals surface area (Å²) in [4.78, 5) is 12.8. The van der Waals surface area contributed by atoms with Gasteiger partial charge in [0.1, 0.15) is 0 Å². The number of nitrogens with zero attached hydrogens (tertiary/aromatic N) is 2.